The molecular formula is C22H24F5N3O2S. The number of nitrogens with one attached hydrogen (secondary N) is 2. The van der Waals surface area contributed by atoms with E-state index in [-0.39, 0.29) is 29.2 Å². The first-order valence-electron chi connectivity index (χ1n) is 10.1. The SMILES string of the molecule is COC(=O)C1(C(F)F)C=C(CC(C)C)C(CSc2nc3ccc(C)cc3[nH]2)=C(C(F)(F)F)N1. The van der Waals surface area contributed by atoms with Crippen molar-refractivity contribution in [3.05, 3.63) is 46.7 Å². The molecule has 0 spiro atoms. The zero-order valence-electron chi connectivity index (χ0n) is 18.4. The second-order valence-electron chi connectivity index (χ2n) is 8.26. The molecule has 0 saturated carbocycles. The number of esters is 1. The zero-order valence-corrected chi connectivity index (χ0v) is 19.3. The quantitative estimate of drug-likeness (QED) is 0.304. The average Bonchev–Trinajstić information content (AvgIpc) is 3.12. The van der Waals surface area contributed by atoms with Crippen LogP contribution in [0, 0.1) is 12.8 Å². The molecule has 2 N–H and O–H groups in total. The van der Waals surface area contributed by atoms with Crippen LogP contribution in [0.2, 0.25) is 0 Å². The summed E-state index contributed by atoms with van der Waals surface area (Å²) in [5.41, 5.74) is -2.06. The Morgan fingerprint density at radius 1 is 1.27 bits per heavy atom. The monoisotopic (exact) mass is 489 g/mol. The normalized spacial score (nSPS) is 19.3. The molecule has 1 aliphatic heterocycles. The maximum Gasteiger partial charge on any atom is 0.431 e. The molecule has 11 heteroatoms. The molecule has 1 aliphatic rings. The number of ether oxygens (including phenoxy) is 1. The number of aromatic amines is 1. The van der Waals surface area contributed by atoms with Crippen molar-refractivity contribution in [2.75, 3.05) is 12.9 Å². The van der Waals surface area contributed by atoms with Gasteiger partial charge in [-0.2, -0.15) is 13.2 Å². The lowest BCUT2D eigenvalue weighted by atomic mass is 9.84. The molecule has 1 aromatic heterocycles. The third kappa shape index (κ3) is 5.18. The number of thioether (sulfide) groups is 1. The van der Waals surface area contributed by atoms with Crippen LogP contribution in [0.4, 0.5) is 22.0 Å². The van der Waals surface area contributed by atoms with Crippen molar-refractivity contribution in [1.82, 2.24) is 15.3 Å². The number of allylic oxidation sites excluding steroid dienone is 2. The minimum absolute atomic E-state index is 0.0289. The molecule has 1 atom stereocenters. The Bertz CT molecular complexity index is 1110. The summed E-state index contributed by atoms with van der Waals surface area (Å²) >= 11 is 1.02. The van der Waals surface area contributed by atoms with E-state index in [0.29, 0.717) is 10.7 Å². The Morgan fingerprint density at radius 2 is 1.97 bits per heavy atom. The van der Waals surface area contributed by atoms with Gasteiger partial charge in [0.2, 0.25) is 5.54 Å². The van der Waals surface area contributed by atoms with E-state index in [2.05, 4.69) is 14.7 Å². The van der Waals surface area contributed by atoms with Gasteiger partial charge < -0.3 is 15.0 Å². The second kappa shape index (κ2) is 9.36. The number of fused-ring (bicyclic) bond motifs is 1. The fraction of sp³-hybridized carbons (Fsp3) is 0.455. The van der Waals surface area contributed by atoms with Crippen molar-refractivity contribution < 1.29 is 31.5 Å². The lowest BCUT2D eigenvalue weighted by molar-refractivity contribution is -0.154. The van der Waals surface area contributed by atoms with Crippen molar-refractivity contribution >= 4 is 28.8 Å². The van der Waals surface area contributed by atoms with Gasteiger partial charge in [0.15, 0.2) is 5.16 Å². The number of alkyl halides is 5. The molecule has 0 fully saturated rings. The third-order valence-corrected chi connectivity index (χ3v) is 6.07. The first-order valence-corrected chi connectivity index (χ1v) is 11.1. The summed E-state index contributed by atoms with van der Waals surface area (Å²) in [6, 6.07) is 5.53. The van der Waals surface area contributed by atoms with Gasteiger partial charge in [0.05, 0.1) is 18.1 Å². The van der Waals surface area contributed by atoms with Gasteiger partial charge in [0.25, 0.3) is 6.43 Å². The molecule has 0 bridgehead atoms. The molecule has 2 aromatic rings. The number of dihydropyridines is 1. The predicted octanol–water partition coefficient (Wildman–Crippen LogP) is 5.53. The number of rotatable bonds is 7. The van der Waals surface area contributed by atoms with E-state index in [1.54, 1.807) is 25.2 Å². The molecule has 1 unspecified atom stereocenters. The van der Waals surface area contributed by atoms with Crippen molar-refractivity contribution in [3.63, 3.8) is 0 Å². The minimum atomic E-state index is -4.99. The molecule has 0 saturated heterocycles. The number of imidazole rings is 1. The van der Waals surface area contributed by atoms with Crippen molar-refractivity contribution in [1.29, 1.82) is 0 Å². The standard InChI is InChI=1S/C22H24F5N3O2S/c1-11(2)7-13-9-21(18(23)24,19(31)32-4)30-17(22(25,26)27)14(13)10-33-20-28-15-6-5-12(3)8-16(15)29-20/h5-6,8-9,11,18,30H,7,10H2,1-4H3,(H,28,29). The average molecular weight is 490 g/mol. The molecule has 3 rings (SSSR count). The Labute approximate surface area is 191 Å². The number of hydrogen-bond donors (Lipinski definition) is 2. The molecular weight excluding hydrogens is 465 g/mol. The van der Waals surface area contributed by atoms with Crippen LogP contribution in [-0.2, 0) is 9.53 Å². The van der Waals surface area contributed by atoms with Crippen LogP contribution in [-0.4, -0.2) is 46.9 Å². The molecule has 2 heterocycles. The molecule has 0 amide bonds. The summed E-state index contributed by atoms with van der Waals surface area (Å²) < 4.78 is 74.5. The Kier molecular flexibility index (Phi) is 7.11. The summed E-state index contributed by atoms with van der Waals surface area (Å²) in [4.78, 5) is 19.7. The molecule has 0 aliphatic carbocycles. The molecule has 0 radical (unpaired) electrons. The van der Waals surface area contributed by atoms with E-state index in [9.17, 15) is 26.7 Å². The highest BCUT2D eigenvalue weighted by atomic mass is 32.2. The fourth-order valence-electron chi connectivity index (χ4n) is 3.66. The smallest absolute Gasteiger partial charge is 0.431 e. The van der Waals surface area contributed by atoms with Crippen LogP contribution in [0.3, 0.4) is 0 Å². The summed E-state index contributed by atoms with van der Waals surface area (Å²) in [7, 11) is 0.857. The first-order chi connectivity index (χ1) is 15.4. The number of H-pyrrole nitrogens is 1. The number of carbonyl (C=O) groups is 1. The fourth-order valence-corrected chi connectivity index (χ4v) is 4.62. The first kappa shape index (κ1) is 25.1. The van der Waals surface area contributed by atoms with Gasteiger partial charge in [-0.25, -0.2) is 18.6 Å². The largest absolute Gasteiger partial charge is 0.467 e. The van der Waals surface area contributed by atoms with E-state index in [4.69, 9.17) is 0 Å². The highest BCUT2D eigenvalue weighted by Gasteiger charge is 2.54. The van der Waals surface area contributed by atoms with Gasteiger partial charge in [0, 0.05) is 5.75 Å². The lowest BCUT2D eigenvalue weighted by Gasteiger charge is -2.37. The number of aryl methyl sites for hydroxylation is 1. The van der Waals surface area contributed by atoms with E-state index in [1.165, 1.54) is 0 Å². The molecule has 180 valence electrons. The highest BCUT2D eigenvalue weighted by Crippen LogP contribution is 2.41. The Hall–Kier alpha value is -2.56. The van der Waals surface area contributed by atoms with E-state index < -0.39 is 29.8 Å². The minimum Gasteiger partial charge on any atom is -0.467 e. The summed E-state index contributed by atoms with van der Waals surface area (Å²) in [5, 5.41) is 2.19. The Morgan fingerprint density at radius 3 is 2.55 bits per heavy atom. The summed E-state index contributed by atoms with van der Waals surface area (Å²) in [6.45, 7) is 5.41. The van der Waals surface area contributed by atoms with Gasteiger partial charge in [-0.05, 0) is 54.2 Å². The highest BCUT2D eigenvalue weighted by molar-refractivity contribution is 7.99. The second-order valence-corrected chi connectivity index (χ2v) is 9.22. The van der Waals surface area contributed by atoms with Crippen LogP contribution in [0.1, 0.15) is 25.8 Å². The van der Waals surface area contributed by atoms with Crippen molar-refractivity contribution in [2.45, 2.75) is 50.5 Å². The van der Waals surface area contributed by atoms with Gasteiger partial charge >= 0.3 is 12.1 Å². The van der Waals surface area contributed by atoms with Gasteiger partial charge in [-0.3, -0.25) is 0 Å². The lowest BCUT2D eigenvalue weighted by Crippen LogP contribution is -2.60. The topological polar surface area (TPSA) is 67.0 Å². The van der Waals surface area contributed by atoms with Crippen molar-refractivity contribution in [2.24, 2.45) is 5.92 Å². The van der Waals surface area contributed by atoms with Crippen LogP contribution < -0.4 is 5.32 Å². The van der Waals surface area contributed by atoms with Gasteiger partial charge in [0.1, 0.15) is 5.70 Å². The van der Waals surface area contributed by atoms with Crippen LogP contribution in [0.25, 0.3) is 11.0 Å². The predicted molar refractivity (Wildman–Crippen MR) is 116 cm³/mol. The zero-order chi connectivity index (χ0) is 24.6. The number of nitrogens with zero attached hydrogens (tertiary/aromatic N) is 1. The third-order valence-electron chi connectivity index (χ3n) is 5.17. The van der Waals surface area contributed by atoms with Crippen molar-refractivity contribution in [3.8, 4) is 0 Å². The number of aromatic nitrogens is 2. The number of benzene rings is 1. The molecule has 33 heavy (non-hydrogen) atoms. The number of hydrogen-bond acceptors (Lipinski definition) is 5. The Balaban J connectivity index is 2.05. The number of methoxy groups -OCH3 is 1. The van der Waals surface area contributed by atoms with Crippen LogP contribution in [0.5, 0.6) is 0 Å². The summed E-state index contributed by atoms with van der Waals surface area (Å²) in [5.74, 6) is -1.83. The maximum absolute atomic E-state index is 14.0. The molecule has 1 aromatic carbocycles. The van der Waals surface area contributed by atoms with Crippen LogP contribution >= 0.6 is 11.8 Å². The van der Waals surface area contributed by atoms with E-state index in [0.717, 1.165) is 36.0 Å². The summed E-state index contributed by atoms with van der Waals surface area (Å²) in [6.07, 6.45) is -7.50. The maximum atomic E-state index is 14.0. The van der Waals surface area contributed by atoms with E-state index in [1.807, 2.05) is 19.1 Å². The van der Waals surface area contributed by atoms with Crippen LogP contribution in [0.15, 0.2) is 46.3 Å². The van der Waals surface area contributed by atoms with Gasteiger partial charge in [-0.1, -0.05) is 31.7 Å². The molecule has 5 nitrogen and oxygen atoms in total. The number of halogens is 5. The van der Waals surface area contributed by atoms with Gasteiger partial charge in [-0.15, -0.1) is 0 Å². The van der Waals surface area contributed by atoms with E-state index >= 15 is 0 Å². The number of carbonyl (C=O) groups excluding carboxylic acids is 1.